The Morgan fingerprint density at radius 1 is 1.04 bits per heavy atom. The monoisotopic (exact) mass is 349 g/mol. The molecule has 3 rings (SSSR count). The van der Waals surface area contributed by atoms with Crippen molar-refractivity contribution in [2.45, 2.75) is 36.5 Å². The molecule has 1 fully saturated rings. The molecule has 0 aromatic heterocycles. The third kappa shape index (κ3) is 3.44. The zero-order chi connectivity index (χ0) is 16.5. The molecule has 1 aliphatic rings. The summed E-state index contributed by atoms with van der Waals surface area (Å²) in [5.41, 5.74) is 2.35. The Kier molecular flexibility index (Phi) is 4.50. The summed E-state index contributed by atoms with van der Waals surface area (Å²) in [4.78, 5) is 0.250. The van der Waals surface area contributed by atoms with E-state index >= 15 is 0 Å². The highest BCUT2D eigenvalue weighted by Gasteiger charge is 2.39. The van der Waals surface area contributed by atoms with Gasteiger partial charge in [0.2, 0.25) is 10.0 Å². The van der Waals surface area contributed by atoms with Crippen LogP contribution in [-0.2, 0) is 15.4 Å². The molecule has 1 N–H and O–H groups in total. The van der Waals surface area contributed by atoms with Crippen molar-refractivity contribution in [1.82, 2.24) is 4.72 Å². The van der Waals surface area contributed by atoms with Gasteiger partial charge in [-0.05, 0) is 49.6 Å². The summed E-state index contributed by atoms with van der Waals surface area (Å²) in [6.07, 6.45) is 3.16. The Morgan fingerprint density at radius 2 is 1.65 bits per heavy atom. The van der Waals surface area contributed by atoms with Crippen molar-refractivity contribution in [1.29, 1.82) is 0 Å². The lowest BCUT2D eigenvalue weighted by Crippen LogP contribution is -2.45. The van der Waals surface area contributed by atoms with Gasteiger partial charge >= 0.3 is 0 Å². The van der Waals surface area contributed by atoms with Crippen LogP contribution in [-0.4, -0.2) is 15.0 Å². The van der Waals surface area contributed by atoms with E-state index in [0.717, 1.165) is 19.3 Å². The zero-order valence-electron chi connectivity index (χ0n) is 13.0. The highest BCUT2D eigenvalue weighted by Crippen LogP contribution is 2.43. The van der Waals surface area contributed by atoms with Crippen LogP contribution >= 0.6 is 11.6 Å². The summed E-state index contributed by atoms with van der Waals surface area (Å²) >= 11 is 5.82. The first kappa shape index (κ1) is 16.5. The molecule has 2 aromatic carbocycles. The van der Waals surface area contributed by atoms with E-state index in [0.29, 0.717) is 11.6 Å². The van der Waals surface area contributed by atoms with Crippen molar-refractivity contribution in [3.05, 3.63) is 64.7 Å². The first-order chi connectivity index (χ1) is 10.9. The maximum Gasteiger partial charge on any atom is 0.240 e. The fourth-order valence-electron chi connectivity index (χ4n) is 3.01. The van der Waals surface area contributed by atoms with Gasteiger partial charge in [0, 0.05) is 17.0 Å². The molecule has 5 heteroatoms. The van der Waals surface area contributed by atoms with Crippen LogP contribution < -0.4 is 4.72 Å². The van der Waals surface area contributed by atoms with E-state index < -0.39 is 10.0 Å². The quantitative estimate of drug-likeness (QED) is 0.885. The average molecular weight is 350 g/mol. The first-order valence-electron chi connectivity index (χ1n) is 7.74. The topological polar surface area (TPSA) is 46.2 Å². The molecule has 0 amide bonds. The summed E-state index contributed by atoms with van der Waals surface area (Å²) in [6, 6.07) is 14.7. The Morgan fingerprint density at radius 3 is 2.17 bits per heavy atom. The van der Waals surface area contributed by atoms with Gasteiger partial charge in [0.05, 0.1) is 4.90 Å². The maximum absolute atomic E-state index is 12.5. The summed E-state index contributed by atoms with van der Waals surface area (Å²) in [5, 5.41) is 0.527. The fourth-order valence-corrected chi connectivity index (χ4v) is 4.26. The van der Waals surface area contributed by atoms with Crippen molar-refractivity contribution >= 4 is 21.6 Å². The van der Waals surface area contributed by atoms with E-state index in [4.69, 9.17) is 11.6 Å². The number of hydrogen-bond acceptors (Lipinski definition) is 2. The number of nitrogens with one attached hydrogen (secondary N) is 1. The second kappa shape index (κ2) is 6.27. The molecule has 0 atom stereocenters. The van der Waals surface area contributed by atoms with Crippen LogP contribution in [0.2, 0.25) is 5.02 Å². The molecule has 1 saturated carbocycles. The Bertz CT molecular complexity index is 779. The smallest absolute Gasteiger partial charge is 0.210 e. The predicted molar refractivity (Wildman–Crippen MR) is 93.3 cm³/mol. The van der Waals surface area contributed by atoms with Gasteiger partial charge in [0.15, 0.2) is 0 Å². The molecule has 2 aromatic rings. The van der Waals surface area contributed by atoms with Gasteiger partial charge in [-0.2, -0.15) is 0 Å². The van der Waals surface area contributed by atoms with E-state index in [1.807, 2.05) is 0 Å². The molecule has 0 aliphatic heterocycles. The van der Waals surface area contributed by atoms with E-state index in [1.54, 1.807) is 12.1 Å². The lowest BCUT2D eigenvalue weighted by atomic mass is 9.64. The Labute approximate surface area is 142 Å². The van der Waals surface area contributed by atoms with Crippen LogP contribution in [0.25, 0.3) is 0 Å². The molecule has 3 nitrogen and oxygen atoms in total. The highest BCUT2D eigenvalue weighted by atomic mass is 35.5. The molecule has 0 radical (unpaired) electrons. The molecular formula is C18H20ClNO2S. The van der Waals surface area contributed by atoms with E-state index in [2.05, 4.69) is 35.9 Å². The molecule has 0 unspecified atom stereocenters. The zero-order valence-corrected chi connectivity index (χ0v) is 14.6. The number of benzene rings is 2. The average Bonchev–Trinajstić information content (AvgIpc) is 2.48. The lowest BCUT2D eigenvalue weighted by molar-refractivity contribution is 0.245. The van der Waals surface area contributed by atoms with E-state index in [9.17, 15) is 8.42 Å². The molecule has 23 heavy (non-hydrogen) atoms. The second-order valence-corrected chi connectivity index (χ2v) is 8.48. The number of rotatable bonds is 5. The highest BCUT2D eigenvalue weighted by molar-refractivity contribution is 7.89. The van der Waals surface area contributed by atoms with Crippen LogP contribution in [0.1, 0.15) is 30.4 Å². The summed E-state index contributed by atoms with van der Waals surface area (Å²) in [5.74, 6) is 0. The fraction of sp³-hybridized carbons (Fsp3) is 0.333. The van der Waals surface area contributed by atoms with Crippen LogP contribution in [0, 0.1) is 6.92 Å². The van der Waals surface area contributed by atoms with Crippen LogP contribution in [0.3, 0.4) is 0 Å². The SMILES string of the molecule is Cc1ccc(C2(CNS(=O)(=O)c3ccc(Cl)cc3)CCC2)cc1. The number of sulfonamides is 1. The Balaban J connectivity index is 1.77. The van der Waals surface area contributed by atoms with Gasteiger partial charge in [-0.25, -0.2) is 13.1 Å². The predicted octanol–water partition coefficient (Wildman–Crippen LogP) is 4.05. The van der Waals surface area contributed by atoms with Gasteiger partial charge in [0.25, 0.3) is 0 Å². The lowest BCUT2D eigenvalue weighted by Gasteiger charge is -2.42. The van der Waals surface area contributed by atoms with Crippen molar-refractivity contribution < 1.29 is 8.42 Å². The molecule has 0 heterocycles. The summed E-state index contributed by atoms with van der Waals surface area (Å²) in [7, 11) is -3.51. The third-order valence-electron chi connectivity index (χ3n) is 4.70. The Hall–Kier alpha value is -1.36. The number of aryl methyl sites for hydroxylation is 1. The van der Waals surface area contributed by atoms with Gasteiger partial charge < -0.3 is 0 Å². The van der Waals surface area contributed by atoms with Crippen LogP contribution in [0.5, 0.6) is 0 Å². The molecule has 0 bridgehead atoms. The van der Waals surface area contributed by atoms with Gasteiger partial charge in [-0.3, -0.25) is 0 Å². The summed E-state index contributed by atoms with van der Waals surface area (Å²) < 4.78 is 27.7. The summed E-state index contributed by atoms with van der Waals surface area (Å²) in [6.45, 7) is 2.49. The standard InChI is InChI=1S/C18H20ClNO2S/c1-14-3-5-15(6-4-14)18(11-2-12-18)13-20-23(21,22)17-9-7-16(19)8-10-17/h3-10,20H,2,11-13H2,1H3. The van der Waals surface area contributed by atoms with E-state index in [-0.39, 0.29) is 10.3 Å². The minimum Gasteiger partial charge on any atom is -0.210 e. The van der Waals surface area contributed by atoms with Crippen molar-refractivity contribution in [2.75, 3.05) is 6.54 Å². The van der Waals surface area contributed by atoms with Gasteiger partial charge in [0.1, 0.15) is 0 Å². The molecular weight excluding hydrogens is 330 g/mol. The van der Waals surface area contributed by atoms with Gasteiger partial charge in [-0.15, -0.1) is 0 Å². The van der Waals surface area contributed by atoms with Crippen LogP contribution in [0.4, 0.5) is 0 Å². The first-order valence-corrected chi connectivity index (χ1v) is 9.60. The van der Waals surface area contributed by atoms with Crippen LogP contribution in [0.15, 0.2) is 53.4 Å². The molecule has 1 aliphatic carbocycles. The van der Waals surface area contributed by atoms with Crippen molar-refractivity contribution in [3.8, 4) is 0 Å². The largest absolute Gasteiger partial charge is 0.240 e. The minimum atomic E-state index is -3.51. The van der Waals surface area contributed by atoms with Gasteiger partial charge in [-0.1, -0.05) is 47.9 Å². The number of halogens is 1. The molecule has 0 spiro atoms. The molecule has 0 saturated heterocycles. The third-order valence-corrected chi connectivity index (χ3v) is 6.37. The van der Waals surface area contributed by atoms with Crippen molar-refractivity contribution in [2.24, 2.45) is 0 Å². The second-order valence-electron chi connectivity index (χ2n) is 6.28. The maximum atomic E-state index is 12.5. The number of hydrogen-bond donors (Lipinski definition) is 1. The molecule has 122 valence electrons. The van der Waals surface area contributed by atoms with Crippen molar-refractivity contribution in [3.63, 3.8) is 0 Å². The minimum absolute atomic E-state index is 0.0762. The normalized spacial score (nSPS) is 16.8. The van der Waals surface area contributed by atoms with E-state index in [1.165, 1.54) is 23.3 Å².